The Morgan fingerprint density at radius 1 is 0.561 bits per heavy atom. The molecule has 17 unspecified atom stereocenters. The minimum Gasteiger partial charge on any atom is -0.394 e. The van der Waals surface area contributed by atoms with Gasteiger partial charge in [-0.05, 0) is 12.8 Å². The van der Waals surface area contributed by atoms with Crippen LogP contribution in [0.1, 0.15) is 104 Å². The van der Waals surface area contributed by atoms with Crippen LogP contribution in [0.15, 0.2) is 0 Å². The molecule has 3 fully saturated rings. The second kappa shape index (κ2) is 26.2. The molecule has 0 bridgehead atoms. The number of amides is 1. The molecule has 3 rings (SSSR count). The lowest BCUT2D eigenvalue weighted by Crippen LogP contribution is -2.66. The standard InChI is InChI=1S/C38H71NO18/c1-3-5-7-8-9-10-11-12-13-14-15-22(43)21(39-26(44)16-6-4-2)20-52-36-32(50)29(47)34(24(18-41)54-36)57-38-33(51)30(48)35(25(19-42)55-38)56-37-31(49)28(46)27(45)23(17-40)53-37/h21-25,27-38,40-43,45-51H,3-20H2,1-2H3,(H,39,44). The summed E-state index contributed by atoms with van der Waals surface area (Å²) in [6, 6.07) is -0.872. The molecule has 0 aliphatic carbocycles. The summed E-state index contributed by atoms with van der Waals surface area (Å²) in [5.74, 6) is -0.283. The van der Waals surface area contributed by atoms with Gasteiger partial charge in [0.15, 0.2) is 18.9 Å². The lowest BCUT2D eigenvalue weighted by atomic mass is 9.96. The molecule has 0 spiro atoms. The van der Waals surface area contributed by atoms with Crippen LogP contribution >= 0.6 is 0 Å². The molecule has 3 aliphatic rings. The number of ether oxygens (including phenoxy) is 6. The summed E-state index contributed by atoms with van der Waals surface area (Å²) in [5.41, 5.74) is 0. The first-order valence-electron chi connectivity index (χ1n) is 20.8. The highest BCUT2D eigenvalue weighted by atomic mass is 16.8. The van der Waals surface area contributed by atoms with Gasteiger partial charge in [0.05, 0.1) is 38.6 Å². The molecule has 12 N–H and O–H groups in total. The van der Waals surface area contributed by atoms with E-state index in [1.54, 1.807) is 0 Å². The fourth-order valence-corrected chi connectivity index (χ4v) is 7.29. The summed E-state index contributed by atoms with van der Waals surface area (Å²) < 4.78 is 33.8. The molecule has 3 saturated heterocycles. The number of aliphatic hydroxyl groups excluding tert-OH is 11. The minimum absolute atomic E-state index is 0.242. The molecule has 336 valence electrons. The predicted octanol–water partition coefficient (Wildman–Crippen LogP) is -2.20. The number of carbonyl (C=O) groups is 1. The van der Waals surface area contributed by atoms with Gasteiger partial charge in [-0.3, -0.25) is 4.79 Å². The number of aliphatic hydroxyl groups is 11. The Hall–Kier alpha value is -1.21. The summed E-state index contributed by atoms with van der Waals surface area (Å²) >= 11 is 0. The molecule has 19 heteroatoms. The largest absolute Gasteiger partial charge is 0.394 e. The van der Waals surface area contributed by atoms with Crippen LogP contribution < -0.4 is 5.32 Å². The van der Waals surface area contributed by atoms with Crippen molar-refractivity contribution in [2.24, 2.45) is 0 Å². The van der Waals surface area contributed by atoms with E-state index in [1.807, 2.05) is 6.92 Å². The summed E-state index contributed by atoms with van der Waals surface area (Å²) in [6.45, 7) is 1.44. The van der Waals surface area contributed by atoms with E-state index in [1.165, 1.54) is 38.5 Å². The topological polar surface area (TPSA) is 307 Å². The Balaban J connectivity index is 1.58. The van der Waals surface area contributed by atoms with Gasteiger partial charge in [-0.15, -0.1) is 0 Å². The van der Waals surface area contributed by atoms with E-state index in [2.05, 4.69) is 12.2 Å². The highest BCUT2D eigenvalue weighted by Crippen LogP contribution is 2.33. The molecule has 17 atom stereocenters. The van der Waals surface area contributed by atoms with Crippen molar-refractivity contribution in [2.45, 2.75) is 208 Å². The number of hydrogen-bond donors (Lipinski definition) is 12. The maximum Gasteiger partial charge on any atom is 0.220 e. The Morgan fingerprint density at radius 3 is 1.51 bits per heavy atom. The molecule has 0 radical (unpaired) electrons. The Labute approximate surface area is 334 Å². The summed E-state index contributed by atoms with van der Waals surface area (Å²) in [6.07, 6.45) is -13.2. The molecule has 0 aromatic heterocycles. The third-order valence-corrected chi connectivity index (χ3v) is 10.9. The van der Waals surface area contributed by atoms with E-state index in [0.29, 0.717) is 12.8 Å². The van der Waals surface area contributed by atoms with Crippen LogP contribution in [0.3, 0.4) is 0 Å². The average molecular weight is 830 g/mol. The van der Waals surface area contributed by atoms with Crippen molar-refractivity contribution in [1.82, 2.24) is 5.32 Å². The van der Waals surface area contributed by atoms with E-state index in [4.69, 9.17) is 28.4 Å². The molecule has 57 heavy (non-hydrogen) atoms. The molecule has 19 nitrogen and oxygen atoms in total. The maximum absolute atomic E-state index is 12.7. The van der Waals surface area contributed by atoms with Gasteiger partial charge in [0, 0.05) is 6.42 Å². The second-order valence-corrected chi connectivity index (χ2v) is 15.5. The van der Waals surface area contributed by atoms with Crippen molar-refractivity contribution in [3.05, 3.63) is 0 Å². The molecule has 1 amide bonds. The monoisotopic (exact) mass is 829 g/mol. The van der Waals surface area contributed by atoms with Crippen molar-refractivity contribution < 1.29 is 89.4 Å². The van der Waals surface area contributed by atoms with E-state index < -0.39 is 124 Å². The molecular weight excluding hydrogens is 758 g/mol. The number of hydrogen-bond acceptors (Lipinski definition) is 18. The quantitative estimate of drug-likeness (QED) is 0.0412. The predicted molar refractivity (Wildman–Crippen MR) is 199 cm³/mol. The van der Waals surface area contributed by atoms with Gasteiger partial charge in [-0.2, -0.15) is 0 Å². The summed E-state index contributed by atoms with van der Waals surface area (Å²) in [5, 5.41) is 118. The van der Waals surface area contributed by atoms with E-state index >= 15 is 0 Å². The molecule has 3 heterocycles. The third-order valence-electron chi connectivity index (χ3n) is 10.9. The zero-order chi connectivity index (χ0) is 42.1. The van der Waals surface area contributed by atoms with Gasteiger partial charge in [0.1, 0.15) is 73.2 Å². The lowest BCUT2D eigenvalue weighted by Gasteiger charge is -2.48. The van der Waals surface area contributed by atoms with E-state index in [-0.39, 0.29) is 18.9 Å². The zero-order valence-corrected chi connectivity index (χ0v) is 33.3. The van der Waals surface area contributed by atoms with Gasteiger partial charge in [-0.25, -0.2) is 0 Å². The Kier molecular flexibility index (Phi) is 23.0. The van der Waals surface area contributed by atoms with Gasteiger partial charge >= 0.3 is 0 Å². The highest BCUT2D eigenvalue weighted by Gasteiger charge is 2.53. The van der Waals surface area contributed by atoms with Crippen LogP contribution in [0.4, 0.5) is 0 Å². The van der Waals surface area contributed by atoms with Gasteiger partial charge in [-0.1, -0.05) is 84.5 Å². The molecule has 0 saturated carbocycles. The van der Waals surface area contributed by atoms with Crippen LogP contribution in [0.5, 0.6) is 0 Å². The van der Waals surface area contributed by atoms with E-state index in [0.717, 1.165) is 32.1 Å². The van der Waals surface area contributed by atoms with Crippen molar-refractivity contribution in [2.75, 3.05) is 26.4 Å². The minimum atomic E-state index is -1.96. The van der Waals surface area contributed by atoms with Crippen LogP contribution in [0.25, 0.3) is 0 Å². The number of unbranched alkanes of at least 4 members (excludes halogenated alkanes) is 10. The Bertz CT molecular complexity index is 1090. The lowest BCUT2D eigenvalue weighted by molar-refractivity contribution is -0.379. The zero-order valence-electron chi connectivity index (χ0n) is 33.3. The first-order chi connectivity index (χ1) is 27.3. The first-order valence-corrected chi connectivity index (χ1v) is 20.8. The van der Waals surface area contributed by atoms with Crippen molar-refractivity contribution in [3.8, 4) is 0 Å². The second-order valence-electron chi connectivity index (χ2n) is 15.5. The molecule has 3 aliphatic heterocycles. The highest BCUT2D eigenvalue weighted by molar-refractivity contribution is 5.76. The van der Waals surface area contributed by atoms with Gasteiger partial charge < -0.3 is 89.9 Å². The van der Waals surface area contributed by atoms with Crippen LogP contribution in [0.2, 0.25) is 0 Å². The van der Waals surface area contributed by atoms with Crippen molar-refractivity contribution >= 4 is 5.91 Å². The third kappa shape index (κ3) is 14.7. The van der Waals surface area contributed by atoms with Gasteiger partial charge in [0.25, 0.3) is 0 Å². The van der Waals surface area contributed by atoms with Gasteiger partial charge in [0.2, 0.25) is 5.91 Å². The SMILES string of the molecule is CCCCCCCCCCCCC(O)C(COC1OC(CO)C(OC2OC(CO)C(OC3OC(CO)C(O)C(O)C3O)C(O)C2O)C(O)C1O)NC(=O)CCCC. The molecule has 0 aromatic carbocycles. The molecular formula is C38H71NO18. The first kappa shape index (κ1) is 50.1. The average Bonchev–Trinajstić information content (AvgIpc) is 3.20. The van der Waals surface area contributed by atoms with E-state index in [9.17, 15) is 61.0 Å². The normalized spacial score (nSPS) is 37.2. The maximum atomic E-state index is 12.7. The van der Waals surface area contributed by atoms with Crippen molar-refractivity contribution in [1.29, 1.82) is 0 Å². The molecule has 0 aromatic rings. The van der Waals surface area contributed by atoms with Crippen LogP contribution in [-0.2, 0) is 33.2 Å². The Morgan fingerprint density at radius 2 is 1.00 bits per heavy atom. The fraction of sp³-hybridized carbons (Fsp3) is 0.974. The van der Waals surface area contributed by atoms with Crippen LogP contribution in [-0.4, -0.2) is 193 Å². The summed E-state index contributed by atoms with van der Waals surface area (Å²) in [4.78, 5) is 12.7. The summed E-state index contributed by atoms with van der Waals surface area (Å²) in [7, 11) is 0. The fourth-order valence-electron chi connectivity index (χ4n) is 7.29. The number of carbonyl (C=O) groups excluding carboxylic acids is 1. The number of rotatable bonds is 26. The van der Waals surface area contributed by atoms with Crippen molar-refractivity contribution in [3.63, 3.8) is 0 Å². The smallest absolute Gasteiger partial charge is 0.220 e. The number of nitrogens with one attached hydrogen (secondary N) is 1. The van der Waals surface area contributed by atoms with Crippen LogP contribution in [0, 0.1) is 0 Å².